The van der Waals surface area contributed by atoms with Crippen molar-refractivity contribution in [3.8, 4) is 11.1 Å². The van der Waals surface area contributed by atoms with Crippen LogP contribution in [0.15, 0.2) is 30.5 Å². The van der Waals surface area contributed by atoms with Crippen LogP contribution < -0.4 is 0 Å². The van der Waals surface area contributed by atoms with Crippen LogP contribution in [0.1, 0.15) is 0 Å². The molecule has 0 bridgehead atoms. The summed E-state index contributed by atoms with van der Waals surface area (Å²) in [6.45, 7) is 0. The largest absolute Gasteiger partial charge is 0.207 e. The fourth-order valence-corrected chi connectivity index (χ4v) is 1.12. The van der Waals surface area contributed by atoms with Gasteiger partial charge in [0.1, 0.15) is 17.8 Å². The summed E-state index contributed by atoms with van der Waals surface area (Å²) in [7, 11) is 0. The molecule has 1 radical (unpaired) electrons. The number of aromatic nitrogens is 2. The second-order valence-corrected chi connectivity index (χ2v) is 2.68. The van der Waals surface area contributed by atoms with E-state index in [9.17, 15) is 8.78 Å². The van der Waals surface area contributed by atoms with Gasteiger partial charge in [0.25, 0.3) is 0 Å². The molecule has 14 heavy (non-hydrogen) atoms. The van der Waals surface area contributed by atoms with Crippen LogP contribution in [0.3, 0.4) is 0 Å². The zero-order chi connectivity index (χ0) is 9.97. The van der Waals surface area contributed by atoms with E-state index in [-0.39, 0.29) is 5.56 Å². The Morgan fingerprint density at radius 3 is 2.71 bits per heavy atom. The molecule has 2 nitrogen and oxygen atoms in total. The van der Waals surface area contributed by atoms with Crippen molar-refractivity contribution in [2.24, 2.45) is 0 Å². The number of halogens is 2. The smallest absolute Gasteiger partial charge is 0.131 e. The van der Waals surface area contributed by atoms with E-state index in [2.05, 4.69) is 16.4 Å². The Morgan fingerprint density at radius 2 is 2.00 bits per heavy atom. The van der Waals surface area contributed by atoms with E-state index in [4.69, 9.17) is 0 Å². The van der Waals surface area contributed by atoms with E-state index in [1.165, 1.54) is 12.3 Å². The highest BCUT2D eigenvalue weighted by Gasteiger charge is 2.06. The zero-order valence-electron chi connectivity index (χ0n) is 7.04. The average Bonchev–Trinajstić information content (AvgIpc) is 2.23. The monoisotopic (exact) mass is 191 g/mol. The Labute approximate surface area is 79.2 Å². The van der Waals surface area contributed by atoms with Crippen molar-refractivity contribution in [3.05, 3.63) is 48.3 Å². The van der Waals surface area contributed by atoms with Crippen molar-refractivity contribution in [1.29, 1.82) is 0 Å². The van der Waals surface area contributed by atoms with E-state index in [1.54, 1.807) is 0 Å². The van der Waals surface area contributed by atoms with Crippen LogP contribution in [0.25, 0.3) is 11.1 Å². The Hall–Kier alpha value is -1.84. The number of rotatable bonds is 1. The SMILES string of the molecule is Fc1ccc(F)c(-c2[c]nncc2)c1. The predicted octanol–water partition coefficient (Wildman–Crippen LogP) is 2.22. The molecule has 0 atom stereocenters. The van der Waals surface area contributed by atoms with E-state index >= 15 is 0 Å². The average molecular weight is 191 g/mol. The maximum absolute atomic E-state index is 13.2. The molecule has 1 aromatic heterocycles. The third kappa shape index (κ3) is 1.59. The molecule has 4 heteroatoms. The molecule has 2 aromatic rings. The first-order chi connectivity index (χ1) is 6.77. The number of nitrogens with zero attached hydrogens (tertiary/aromatic N) is 2. The van der Waals surface area contributed by atoms with Gasteiger partial charge < -0.3 is 0 Å². The van der Waals surface area contributed by atoms with Crippen LogP contribution in [0, 0.1) is 17.8 Å². The van der Waals surface area contributed by atoms with Gasteiger partial charge >= 0.3 is 0 Å². The molecule has 0 N–H and O–H groups in total. The minimum atomic E-state index is -0.504. The van der Waals surface area contributed by atoms with E-state index < -0.39 is 11.6 Å². The maximum atomic E-state index is 13.2. The first kappa shape index (κ1) is 8.74. The Bertz CT molecular complexity index is 443. The summed E-state index contributed by atoms with van der Waals surface area (Å²) in [5, 5.41) is 6.97. The van der Waals surface area contributed by atoms with Crippen LogP contribution in [-0.4, -0.2) is 10.2 Å². The lowest BCUT2D eigenvalue weighted by molar-refractivity contribution is 0.603. The van der Waals surface area contributed by atoms with Gasteiger partial charge in [0.05, 0.1) is 6.20 Å². The van der Waals surface area contributed by atoms with Gasteiger partial charge in [-0.1, -0.05) is 0 Å². The quantitative estimate of drug-likeness (QED) is 0.690. The van der Waals surface area contributed by atoms with Crippen molar-refractivity contribution in [3.63, 3.8) is 0 Å². The van der Waals surface area contributed by atoms with Gasteiger partial charge in [-0.25, -0.2) is 8.78 Å². The molecule has 0 saturated carbocycles. The molecule has 0 aliphatic heterocycles. The van der Waals surface area contributed by atoms with E-state index in [1.807, 2.05) is 0 Å². The maximum Gasteiger partial charge on any atom is 0.131 e. The van der Waals surface area contributed by atoms with Crippen molar-refractivity contribution in [2.75, 3.05) is 0 Å². The Morgan fingerprint density at radius 1 is 1.14 bits per heavy atom. The molecule has 2 rings (SSSR count). The molecule has 0 saturated heterocycles. The summed E-state index contributed by atoms with van der Waals surface area (Å²) in [6, 6.07) is 4.75. The fraction of sp³-hybridized carbons (Fsp3) is 0. The molecule has 0 aliphatic rings. The highest BCUT2D eigenvalue weighted by Crippen LogP contribution is 2.21. The minimum Gasteiger partial charge on any atom is -0.207 e. The van der Waals surface area contributed by atoms with E-state index in [0.29, 0.717) is 5.56 Å². The second kappa shape index (κ2) is 3.49. The molecule has 0 spiro atoms. The van der Waals surface area contributed by atoms with Gasteiger partial charge in [-0.05, 0) is 24.3 Å². The topological polar surface area (TPSA) is 25.8 Å². The molecule has 0 amide bonds. The lowest BCUT2D eigenvalue weighted by atomic mass is 10.1. The van der Waals surface area contributed by atoms with Gasteiger partial charge in [-0.2, -0.15) is 5.10 Å². The standard InChI is InChI=1S/C10H5F2N2/c11-8-1-2-10(12)9(5-8)7-3-4-13-14-6-7/h1-5H. The van der Waals surface area contributed by atoms with Gasteiger partial charge in [0.2, 0.25) is 0 Å². The lowest BCUT2D eigenvalue weighted by Crippen LogP contribution is -1.88. The first-order valence-corrected chi connectivity index (χ1v) is 3.92. The second-order valence-electron chi connectivity index (χ2n) is 2.68. The highest BCUT2D eigenvalue weighted by molar-refractivity contribution is 5.61. The van der Waals surface area contributed by atoms with Crippen LogP contribution in [-0.2, 0) is 0 Å². The molecule has 69 valence electrons. The predicted molar refractivity (Wildman–Crippen MR) is 46.2 cm³/mol. The van der Waals surface area contributed by atoms with Crippen LogP contribution >= 0.6 is 0 Å². The van der Waals surface area contributed by atoms with E-state index in [0.717, 1.165) is 18.2 Å². The van der Waals surface area contributed by atoms with Gasteiger partial charge in [0, 0.05) is 11.1 Å². The first-order valence-electron chi connectivity index (χ1n) is 3.92. The zero-order valence-corrected chi connectivity index (χ0v) is 7.04. The van der Waals surface area contributed by atoms with Crippen LogP contribution in [0.4, 0.5) is 8.78 Å². The Balaban J connectivity index is 2.57. The van der Waals surface area contributed by atoms with Gasteiger partial charge in [-0.15, -0.1) is 5.10 Å². The number of hydrogen-bond donors (Lipinski definition) is 0. The normalized spacial score (nSPS) is 10.1. The third-order valence-electron chi connectivity index (χ3n) is 1.75. The highest BCUT2D eigenvalue weighted by atomic mass is 19.1. The third-order valence-corrected chi connectivity index (χ3v) is 1.75. The van der Waals surface area contributed by atoms with Crippen molar-refractivity contribution in [1.82, 2.24) is 10.2 Å². The molecule has 0 aliphatic carbocycles. The van der Waals surface area contributed by atoms with Gasteiger partial charge in [-0.3, -0.25) is 0 Å². The molecule has 0 fully saturated rings. The number of hydrogen-bond acceptors (Lipinski definition) is 2. The van der Waals surface area contributed by atoms with Crippen LogP contribution in [0.2, 0.25) is 0 Å². The molecule has 0 unspecified atom stereocenters. The summed E-state index contributed by atoms with van der Waals surface area (Å²) in [6.07, 6.45) is 3.88. The van der Waals surface area contributed by atoms with Gasteiger partial charge in [0.15, 0.2) is 0 Å². The van der Waals surface area contributed by atoms with Crippen LogP contribution in [0.5, 0.6) is 0 Å². The van der Waals surface area contributed by atoms with Crippen molar-refractivity contribution < 1.29 is 8.78 Å². The van der Waals surface area contributed by atoms with Crippen molar-refractivity contribution >= 4 is 0 Å². The molecule has 1 heterocycles. The summed E-state index contributed by atoms with van der Waals surface area (Å²) < 4.78 is 26.0. The number of benzene rings is 1. The summed E-state index contributed by atoms with van der Waals surface area (Å²) in [4.78, 5) is 0. The summed E-state index contributed by atoms with van der Waals surface area (Å²) in [5.41, 5.74) is 0.525. The Kier molecular flexibility index (Phi) is 2.18. The molecule has 1 aromatic carbocycles. The van der Waals surface area contributed by atoms with Crippen molar-refractivity contribution in [2.45, 2.75) is 0 Å². The minimum absolute atomic E-state index is 0.139. The molecular weight excluding hydrogens is 186 g/mol. The lowest BCUT2D eigenvalue weighted by Gasteiger charge is -2.01. The fourth-order valence-electron chi connectivity index (χ4n) is 1.12. The summed E-state index contributed by atoms with van der Waals surface area (Å²) in [5.74, 6) is -0.998. The summed E-state index contributed by atoms with van der Waals surface area (Å²) >= 11 is 0. The molecular formula is C10H5F2N2.